The number of aryl methyl sites for hydroxylation is 4. The minimum atomic E-state index is 0.681. The Labute approximate surface area is 148 Å². The molecule has 0 saturated heterocycles. The second-order valence-electron chi connectivity index (χ2n) is 6.27. The third-order valence-corrected chi connectivity index (χ3v) is 4.90. The van der Waals surface area contributed by atoms with Gasteiger partial charge in [0.2, 0.25) is 0 Å². The Balaban J connectivity index is 1.64. The van der Waals surface area contributed by atoms with Crippen LogP contribution in [-0.4, -0.2) is 17.3 Å². The van der Waals surface area contributed by atoms with Crippen molar-refractivity contribution < 1.29 is 4.74 Å². The van der Waals surface area contributed by atoms with E-state index in [1.807, 2.05) is 0 Å². The molecule has 3 heteroatoms. The number of rotatable bonds is 5. The molecule has 0 atom stereocenters. The Kier molecular flexibility index (Phi) is 5.10. The largest absolute Gasteiger partial charge is 0.493 e. The van der Waals surface area contributed by atoms with Crippen LogP contribution in [0.1, 0.15) is 22.3 Å². The lowest BCUT2D eigenvalue weighted by atomic mass is 10.1. The number of pyridine rings is 1. The Morgan fingerprint density at radius 1 is 0.917 bits per heavy atom. The number of para-hydroxylation sites is 1. The van der Waals surface area contributed by atoms with Gasteiger partial charge in [-0.3, -0.25) is 0 Å². The monoisotopic (exact) mass is 337 g/mol. The van der Waals surface area contributed by atoms with Gasteiger partial charge in [-0.15, -0.1) is 11.8 Å². The quantitative estimate of drug-likeness (QED) is 0.444. The van der Waals surface area contributed by atoms with Gasteiger partial charge < -0.3 is 4.74 Å². The molecule has 0 radical (unpaired) electrons. The fourth-order valence-electron chi connectivity index (χ4n) is 2.93. The summed E-state index contributed by atoms with van der Waals surface area (Å²) in [6.07, 6.45) is 0. The van der Waals surface area contributed by atoms with Gasteiger partial charge in [-0.1, -0.05) is 24.3 Å². The summed E-state index contributed by atoms with van der Waals surface area (Å²) in [5, 5.41) is 2.31. The van der Waals surface area contributed by atoms with Crippen molar-refractivity contribution >= 4 is 22.7 Å². The summed E-state index contributed by atoms with van der Waals surface area (Å²) in [5.74, 6) is 1.84. The fraction of sp³-hybridized carbons (Fsp3) is 0.286. The summed E-state index contributed by atoms with van der Waals surface area (Å²) in [4.78, 5) is 4.82. The topological polar surface area (TPSA) is 22.1 Å². The zero-order chi connectivity index (χ0) is 17.1. The van der Waals surface area contributed by atoms with Crippen LogP contribution in [0.3, 0.4) is 0 Å². The molecule has 0 amide bonds. The number of benzene rings is 2. The van der Waals surface area contributed by atoms with Gasteiger partial charge in [0.1, 0.15) is 5.75 Å². The molecule has 1 heterocycles. The average molecular weight is 337 g/mol. The van der Waals surface area contributed by atoms with Crippen molar-refractivity contribution in [3.05, 3.63) is 64.7 Å². The predicted molar refractivity (Wildman–Crippen MR) is 103 cm³/mol. The highest BCUT2D eigenvalue weighted by Crippen LogP contribution is 2.25. The average Bonchev–Trinajstić information content (AvgIpc) is 2.52. The predicted octanol–water partition coefficient (Wildman–Crippen LogP) is 5.64. The first-order chi connectivity index (χ1) is 11.5. The lowest BCUT2D eigenvalue weighted by Gasteiger charge is -2.10. The number of hydrogen-bond donors (Lipinski definition) is 0. The van der Waals surface area contributed by atoms with E-state index in [0.717, 1.165) is 22.0 Å². The standard InChI is InChI=1S/C21H23NOS/c1-14-10-15(2)12-18(11-14)23-8-9-24-20-13-17(4)19-7-5-6-16(3)21(19)22-20/h5-7,10-13H,8-9H2,1-4H3. The molecule has 0 N–H and O–H groups in total. The summed E-state index contributed by atoms with van der Waals surface area (Å²) in [6, 6.07) is 14.8. The van der Waals surface area contributed by atoms with Crippen LogP contribution in [0.15, 0.2) is 47.5 Å². The van der Waals surface area contributed by atoms with Crippen LogP contribution in [0.2, 0.25) is 0 Å². The lowest BCUT2D eigenvalue weighted by Crippen LogP contribution is -2.01. The molecule has 0 aliphatic heterocycles. The Hall–Kier alpha value is -2.00. The summed E-state index contributed by atoms with van der Waals surface area (Å²) in [5.41, 5.74) is 6.08. The third-order valence-electron chi connectivity index (χ3n) is 4.02. The van der Waals surface area contributed by atoms with Gasteiger partial charge in [-0.2, -0.15) is 0 Å². The zero-order valence-electron chi connectivity index (χ0n) is 14.7. The number of aromatic nitrogens is 1. The van der Waals surface area contributed by atoms with E-state index in [1.54, 1.807) is 11.8 Å². The molecular formula is C21H23NOS. The van der Waals surface area contributed by atoms with Crippen LogP contribution < -0.4 is 4.74 Å². The smallest absolute Gasteiger partial charge is 0.119 e. The van der Waals surface area contributed by atoms with Crippen molar-refractivity contribution in [2.75, 3.05) is 12.4 Å². The van der Waals surface area contributed by atoms with E-state index in [1.165, 1.54) is 27.6 Å². The van der Waals surface area contributed by atoms with E-state index >= 15 is 0 Å². The van der Waals surface area contributed by atoms with Gasteiger partial charge in [0.15, 0.2) is 0 Å². The van der Waals surface area contributed by atoms with Crippen LogP contribution >= 0.6 is 11.8 Å². The zero-order valence-corrected chi connectivity index (χ0v) is 15.5. The number of ether oxygens (including phenoxy) is 1. The molecule has 24 heavy (non-hydrogen) atoms. The number of fused-ring (bicyclic) bond motifs is 1. The number of thioether (sulfide) groups is 1. The van der Waals surface area contributed by atoms with E-state index in [9.17, 15) is 0 Å². The lowest BCUT2D eigenvalue weighted by molar-refractivity contribution is 0.343. The number of nitrogens with zero attached hydrogens (tertiary/aromatic N) is 1. The van der Waals surface area contributed by atoms with Gasteiger partial charge in [0.05, 0.1) is 17.1 Å². The van der Waals surface area contributed by atoms with E-state index in [2.05, 4.69) is 70.2 Å². The maximum atomic E-state index is 5.88. The van der Waals surface area contributed by atoms with E-state index in [0.29, 0.717) is 6.61 Å². The molecule has 0 aliphatic rings. The van der Waals surface area contributed by atoms with E-state index in [-0.39, 0.29) is 0 Å². The molecule has 3 aromatic rings. The van der Waals surface area contributed by atoms with Gasteiger partial charge in [0, 0.05) is 11.1 Å². The molecule has 0 bridgehead atoms. The van der Waals surface area contributed by atoms with Crippen LogP contribution in [0, 0.1) is 27.7 Å². The number of hydrogen-bond acceptors (Lipinski definition) is 3. The van der Waals surface area contributed by atoms with Crippen molar-refractivity contribution in [3.8, 4) is 5.75 Å². The van der Waals surface area contributed by atoms with Crippen molar-refractivity contribution in [2.45, 2.75) is 32.7 Å². The summed E-state index contributed by atoms with van der Waals surface area (Å²) in [6.45, 7) is 9.14. The molecule has 2 aromatic carbocycles. The molecule has 1 aromatic heterocycles. The third kappa shape index (κ3) is 3.90. The fourth-order valence-corrected chi connectivity index (χ4v) is 3.72. The highest BCUT2D eigenvalue weighted by Gasteiger charge is 2.06. The summed E-state index contributed by atoms with van der Waals surface area (Å²) >= 11 is 1.75. The Bertz CT molecular complexity index is 853. The van der Waals surface area contributed by atoms with Crippen LogP contribution in [0.5, 0.6) is 5.75 Å². The van der Waals surface area contributed by atoms with Gasteiger partial charge in [0.25, 0.3) is 0 Å². The maximum Gasteiger partial charge on any atom is 0.119 e. The molecule has 0 saturated carbocycles. The Morgan fingerprint density at radius 2 is 1.67 bits per heavy atom. The second kappa shape index (κ2) is 7.27. The highest BCUT2D eigenvalue weighted by molar-refractivity contribution is 7.99. The minimum Gasteiger partial charge on any atom is -0.493 e. The first kappa shape index (κ1) is 16.8. The second-order valence-corrected chi connectivity index (χ2v) is 7.38. The molecule has 0 fully saturated rings. The molecule has 0 spiro atoms. The molecule has 0 unspecified atom stereocenters. The van der Waals surface area contributed by atoms with Gasteiger partial charge >= 0.3 is 0 Å². The molecule has 0 aliphatic carbocycles. The molecule has 124 valence electrons. The van der Waals surface area contributed by atoms with Crippen molar-refractivity contribution in [1.82, 2.24) is 4.98 Å². The normalized spacial score (nSPS) is 11.0. The molecule has 3 rings (SSSR count). The maximum absolute atomic E-state index is 5.88. The van der Waals surface area contributed by atoms with Gasteiger partial charge in [-0.25, -0.2) is 4.98 Å². The molecule has 2 nitrogen and oxygen atoms in total. The first-order valence-electron chi connectivity index (χ1n) is 8.24. The first-order valence-corrected chi connectivity index (χ1v) is 9.22. The van der Waals surface area contributed by atoms with Crippen molar-refractivity contribution in [1.29, 1.82) is 0 Å². The van der Waals surface area contributed by atoms with Crippen LogP contribution in [0.4, 0.5) is 0 Å². The van der Waals surface area contributed by atoms with Crippen molar-refractivity contribution in [3.63, 3.8) is 0 Å². The SMILES string of the molecule is Cc1cc(C)cc(OCCSc2cc(C)c3cccc(C)c3n2)c1. The Morgan fingerprint density at radius 3 is 2.42 bits per heavy atom. The van der Waals surface area contributed by atoms with Crippen LogP contribution in [0.25, 0.3) is 10.9 Å². The van der Waals surface area contributed by atoms with E-state index in [4.69, 9.17) is 9.72 Å². The highest BCUT2D eigenvalue weighted by atomic mass is 32.2. The van der Waals surface area contributed by atoms with Crippen LogP contribution in [-0.2, 0) is 0 Å². The summed E-state index contributed by atoms with van der Waals surface area (Å²) in [7, 11) is 0. The van der Waals surface area contributed by atoms with Crippen molar-refractivity contribution in [2.24, 2.45) is 0 Å². The van der Waals surface area contributed by atoms with Gasteiger partial charge in [-0.05, 0) is 68.1 Å². The van der Waals surface area contributed by atoms with E-state index < -0.39 is 0 Å². The minimum absolute atomic E-state index is 0.681. The summed E-state index contributed by atoms with van der Waals surface area (Å²) < 4.78 is 5.88. The molecular weight excluding hydrogens is 314 g/mol.